The van der Waals surface area contributed by atoms with Gasteiger partial charge < -0.3 is 5.73 Å². The second-order valence-electron chi connectivity index (χ2n) is 2.46. The molecule has 0 unspecified atom stereocenters. The van der Waals surface area contributed by atoms with E-state index in [-0.39, 0.29) is 0 Å². The Morgan fingerprint density at radius 2 is 2.33 bits per heavy atom. The van der Waals surface area contributed by atoms with Crippen LogP contribution in [0.2, 0.25) is 0 Å². The molecule has 0 aliphatic heterocycles. The van der Waals surface area contributed by atoms with Crippen LogP contribution in [0, 0.1) is 6.92 Å². The summed E-state index contributed by atoms with van der Waals surface area (Å²) in [6, 6.07) is 0. The van der Waals surface area contributed by atoms with Gasteiger partial charge >= 0.3 is 0 Å². The quantitative estimate of drug-likeness (QED) is 0.717. The van der Waals surface area contributed by atoms with Crippen LogP contribution in [0.5, 0.6) is 0 Å². The highest BCUT2D eigenvalue weighted by Gasteiger charge is 2.00. The van der Waals surface area contributed by atoms with E-state index < -0.39 is 0 Å². The molecule has 2 N–H and O–H groups in total. The smallest absolute Gasteiger partial charge is 0.181 e. The molecule has 62 valence electrons. The summed E-state index contributed by atoms with van der Waals surface area (Å²) < 4.78 is 1.91. The Morgan fingerprint density at radius 1 is 1.50 bits per heavy atom. The van der Waals surface area contributed by atoms with Gasteiger partial charge in [-0.3, -0.25) is 4.57 Å². The minimum Gasteiger partial charge on any atom is -0.375 e. The molecular weight excluding hydrogens is 172 g/mol. The summed E-state index contributed by atoms with van der Waals surface area (Å²) in [5.74, 6) is 0. The molecule has 0 aromatic carbocycles. The monoisotopic (exact) mass is 180 g/mol. The molecule has 5 heteroatoms. The van der Waals surface area contributed by atoms with E-state index in [0.717, 1.165) is 10.7 Å². The molecule has 2 aromatic heterocycles. The zero-order valence-corrected chi connectivity index (χ0v) is 7.38. The van der Waals surface area contributed by atoms with E-state index in [4.69, 9.17) is 5.73 Å². The lowest BCUT2D eigenvalue weighted by molar-refractivity contribution is 1.08. The highest BCUT2D eigenvalue weighted by atomic mass is 32.1. The number of aryl methyl sites for hydroxylation is 1. The molecule has 0 bridgehead atoms. The van der Waals surface area contributed by atoms with Gasteiger partial charge in [-0.25, -0.2) is 9.97 Å². The SMILES string of the molecule is Cc1cn(-c2cnc(N)s2)cn1. The second-order valence-corrected chi connectivity index (χ2v) is 3.50. The fourth-order valence-corrected chi connectivity index (χ4v) is 1.57. The van der Waals surface area contributed by atoms with Crippen molar-refractivity contribution in [2.24, 2.45) is 0 Å². The van der Waals surface area contributed by atoms with Crippen LogP contribution in [0.4, 0.5) is 5.13 Å². The number of nitrogens with zero attached hydrogens (tertiary/aromatic N) is 3. The zero-order chi connectivity index (χ0) is 8.55. The summed E-state index contributed by atoms with van der Waals surface area (Å²) in [5.41, 5.74) is 6.48. The van der Waals surface area contributed by atoms with Crippen LogP contribution in [0.15, 0.2) is 18.7 Å². The predicted octanol–water partition coefficient (Wildman–Crippen LogP) is 1.22. The summed E-state index contributed by atoms with van der Waals surface area (Å²) in [6.07, 6.45) is 5.43. The first kappa shape index (κ1) is 7.30. The number of rotatable bonds is 1. The molecule has 0 spiro atoms. The molecule has 4 nitrogen and oxygen atoms in total. The lowest BCUT2D eigenvalue weighted by atomic mass is 10.6. The molecule has 0 fully saturated rings. The fourth-order valence-electron chi connectivity index (χ4n) is 0.940. The van der Waals surface area contributed by atoms with E-state index in [0.29, 0.717) is 5.13 Å². The summed E-state index contributed by atoms with van der Waals surface area (Å²) in [7, 11) is 0. The third-order valence-electron chi connectivity index (χ3n) is 1.48. The van der Waals surface area contributed by atoms with Crippen molar-refractivity contribution in [1.82, 2.24) is 14.5 Å². The average Bonchev–Trinajstić information content (AvgIpc) is 2.58. The van der Waals surface area contributed by atoms with Gasteiger partial charge in [0.1, 0.15) is 11.3 Å². The minimum absolute atomic E-state index is 0.580. The minimum atomic E-state index is 0.580. The molecule has 0 radical (unpaired) electrons. The Kier molecular flexibility index (Phi) is 1.58. The lowest BCUT2D eigenvalue weighted by Gasteiger charge is -1.91. The first-order valence-corrected chi connectivity index (χ1v) is 4.29. The van der Waals surface area contributed by atoms with E-state index in [9.17, 15) is 0 Å². The summed E-state index contributed by atoms with van der Waals surface area (Å²) in [6.45, 7) is 1.95. The number of imidazole rings is 1. The van der Waals surface area contributed by atoms with Crippen LogP contribution >= 0.6 is 11.3 Å². The predicted molar refractivity (Wildman–Crippen MR) is 48.4 cm³/mol. The van der Waals surface area contributed by atoms with Crippen molar-refractivity contribution in [2.45, 2.75) is 6.92 Å². The van der Waals surface area contributed by atoms with E-state index in [1.807, 2.05) is 17.7 Å². The van der Waals surface area contributed by atoms with Gasteiger partial charge in [-0.1, -0.05) is 11.3 Å². The van der Waals surface area contributed by atoms with Crippen LogP contribution in [0.1, 0.15) is 5.69 Å². The molecule has 0 aliphatic carbocycles. The van der Waals surface area contributed by atoms with Crippen molar-refractivity contribution < 1.29 is 0 Å². The number of hydrogen-bond donors (Lipinski definition) is 1. The Balaban J connectivity index is 2.43. The molecule has 2 aromatic rings. The fraction of sp³-hybridized carbons (Fsp3) is 0.143. The average molecular weight is 180 g/mol. The van der Waals surface area contributed by atoms with Gasteiger partial charge in [0.2, 0.25) is 0 Å². The highest BCUT2D eigenvalue weighted by Crippen LogP contribution is 2.18. The first-order chi connectivity index (χ1) is 5.75. The molecule has 2 rings (SSSR count). The second kappa shape index (κ2) is 2.60. The topological polar surface area (TPSA) is 56.7 Å². The van der Waals surface area contributed by atoms with E-state index in [2.05, 4.69) is 9.97 Å². The Bertz CT molecular complexity index is 351. The number of nitrogen functional groups attached to an aromatic ring is 1. The van der Waals surface area contributed by atoms with Crippen LogP contribution < -0.4 is 5.73 Å². The first-order valence-electron chi connectivity index (χ1n) is 3.48. The van der Waals surface area contributed by atoms with Crippen LogP contribution in [0.25, 0.3) is 5.00 Å². The van der Waals surface area contributed by atoms with Gasteiger partial charge in [-0.2, -0.15) is 0 Å². The maximum atomic E-state index is 5.50. The largest absolute Gasteiger partial charge is 0.375 e. The van der Waals surface area contributed by atoms with Crippen LogP contribution in [-0.4, -0.2) is 14.5 Å². The molecule has 0 aliphatic rings. The number of thiazole rings is 1. The molecule has 2 heterocycles. The van der Waals surface area contributed by atoms with Crippen molar-refractivity contribution in [3.05, 3.63) is 24.4 Å². The van der Waals surface area contributed by atoms with E-state index in [1.54, 1.807) is 12.5 Å². The summed E-state index contributed by atoms with van der Waals surface area (Å²) >= 11 is 1.44. The van der Waals surface area contributed by atoms with Gasteiger partial charge in [0.25, 0.3) is 0 Å². The number of nitrogens with two attached hydrogens (primary N) is 1. The Morgan fingerprint density at radius 3 is 2.83 bits per heavy atom. The van der Waals surface area contributed by atoms with Crippen molar-refractivity contribution in [3.8, 4) is 5.00 Å². The lowest BCUT2D eigenvalue weighted by Crippen LogP contribution is -1.83. The highest BCUT2D eigenvalue weighted by molar-refractivity contribution is 7.17. The van der Waals surface area contributed by atoms with Gasteiger partial charge in [-0.15, -0.1) is 0 Å². The summed E-state index contributed by atoms with van der Waals surface area (Å²) in [4.78, 5) is 8.05. The molecule has 0 saturated heterocycles. The maximum Gasteiger partial charge on any atom is 0.181 e. The van der Waals surface area contributed by atoms with Crippen LogP contribution in [-0.2, 0) is 0 Å². The Hall–Kier alpha value is -1.36. The van der Waals surface area contributed by atoms with E-state index >= 15 is 0 Å². The summed E-state index contributed by atoms with van der Waals surface area (Å²) in [5, 5.41) is 1.57. The van der Waals surface area contributed by atoms with Gasteiger partial charge in [0.05, 0.1) is 11.9 Å². The number of hydrogen-bond acceptors (Lipinski definition) is 4. The number of aromatic nitrogens is 3. The number of anilines is 1. The molecule has 0 amide bonds. The standard InChI is InChI=1S/C7H8N4S/c1-5-3-11(4-10-5)6-2-9-7(8)12-6/h2-4H,1H3,(H2,8,9). The van der Waals surface area contributed by atoms with Crippen molar-refractivity contribution >= 4 is 16.5 Å². The third kappa shape index (κ3) is 1.18. The van der Waals surface area contributed by atoms with Gasteiger partial charge in [0.15, 0.2) is 5.13 Å². The normalized spacial score (nSPS) is 10.4. The molecule has 12 heavy (non-hydrogen) atoms. The maximum absolute atomic E-state index is 5.50. The molecule has 0 atom stereocenters. The van der Waals surface area contributed by atoms with Crippen LogP contribution in [0.3, 0.4) is 0 Å². The molecular formula is C7H8N4S. The van der Waals surface area contributed by atoms with E-state index in [1.165, 1.54) is 11.3 Å². The van der Waals surface area contributed by atoms with Crippen molar-refractivity contribution in [2.75, 3.05) is 5.73 Å². The third-order valence-corrected chi connectivity index (χ3v) is 2.32. The van der Waals surface area contributed by atoms with Gasteiger partial charge in [-0.05, 0) is 6.92 Å². The Labute approximate surface area is 73.7 Å². The molecule has 0 saturated carbocycles. The van der Waals surface area contributed by atoms with Gasteiger partial charge in [0, 0.05) is 6.20 Å². The van der Waals surface area contributed by atoms with Crippen molar-refractivity contribution in [1.29, 1.82) is 0 Å². The van der Waals surface area contributed by atoms with Crippen molar-refractivity contribution in [3.63, 3.8) is 0 Å². The zero-order valence-electron chi connectivity index (χ0n) is 6.56.